The summed E-state index contributed by atoms with van der Waals surface area (Å²) in [4.78, 5) is 0. The smallest absolute Gasteiger partial charge is 0.0159 e. The van der Waals surface area contributed by atoms with Crippen LogP contribution in [0, 0.1) is 23.7 Å². The van der Waals surface area contributed by atoms with Crippen LogP contribution in [0.25, 0.3) is 0 Å². The molecule has 0 spiro atoms. The first-order chi connectivity index (χ1) is 15.3. The van der Waals surface area contributed by atoms with E-state index in [4.69, 9.17) is 0 Å². The van der Waals surface area contributed by atoms with Crippen LogP contribution < -0.4 is 0 Å². The van der Waals surface area contributed by atoms with Gasteiger partial charge in [0.2, 0.25) is 0 Å². The van der Waals surface area contributed by atoms with Gasteiger partial charge in [-0.1, -0.05) is 75.8 Å². The van der Waals surface area contributed by atoms with E-state index in [1.54, 1.807) is 16.7 Å². The topological polar surface area (TPSA) is 0 Å². The molecule has 0 heteroatoms. The Balaban J connectivity index is 1.28. The molecule has 31 heavy (non-hydrogen) atoms. The van der Waals surface area contributed by atoms with E-state index in [1.807, 2.05) is 0 Å². The SMILES string of the molecule is C/C=C/CCC1CCC2CC(c3ccc4c(c3)CCC(CCCCCC)C4)CCC2C1. The summed E-state index contributed by atoms with van der Waals surface area (Å²) in [7, 11) is 0. The molecule has 3 aliphatic rings. The van der Waals surface area contributed by atoms with Crippen molar-refractivity contribution in [3.05, 3.63) is 47.0 Å². The molecule has 1 aromatic carbocycles. The second-order valence-electron chi connectivity index (χ2n) is 11.3. The molecule has 0 amide bonds. The lowest BCUT2D eigenvalue weighted by molar-refractivity contribution is 0.115. The van der Waals surface area contributed by atoms with Crippen molar-refractivity contribution in [2.24, 2.45) is 23.7 Å². The monoisotopic (exact) mass is 420 g/mol. The van der Waals surface area contributed by atoms with E-state index >= 15 is 0 Å². The van der Waals surface area contributed by atoms with E-state index in [0.29, 0.717) is 0 Å². The molecule has 0 saturated heterocycles. The van der Waals surface area contributed by atoms with Crippen molar-refractivity contribution in [3.63, 3.8) is 0 Å². The molecule has 0 N–H and O–H groups in total. The number of fused-ring (bicyclic) bond motifs is 2. The van der Waals surface area contributed by atoms with Gasteiger partial charge in [-0.3, -0.25) is 0 Å². The van der Waals surface area contributed by atoms with Crippen LogP contribution >= 0.6 is 0 Å². The molecule has 4 rings (SSSR count). The van der Waals surface area contributed by atoms with Gasteiger partial charge in [0.15, 0.2) is 0 Å². The highest BCUT2D eigenvalue weighted by atomic mass is 14.4. The van der Waals surface area contributed by atoms with Gasteiger partial charge >= 0.3 is 0 Å². The van der Waals surface area contributed by atoms with Crippen molar-refractivity contribution >= 4 is 0 Å². The van der Waals surface area contributed by atoms with Crippen molar-refractivity contribution < 1.29 is 0 Å². The van der Waals surface area contributed by atoms with Crippen LogP contribution in [0.5, 0.6) is 0 Å². The third-order valence-electron chi connectivity index (χ3n) is 9.20. The van der Waals surface area contributed by atoms with Crippen LogP contribution in [0.3, 0.4) is 0 Å². The van der Waals surface area contributed by atoms with Crippen LogP contribution in [0.1, 0.15) is 126 Å². The van der Waals surface area contributed by atoms with Crippen molar-refractivity contribution in [2.75, 3.05) is 0 Å². The molecule has 2 saturated carbocycles. The Morgan fingerprint density at radius 3 is 2.58 bits per heavy atom. The number of hydrogen-bond donors (Lipinski definition) is 0. The van der Waals surface area contributed by atoms with Gasteiger partial charge in [0.1, 0.15) is 0 Å². The molecule has 0 nitrogen and oxygen atoms in total. The Morgan fingerprint density at radius 2 is 1.71 bits per heavy atom. The first-order valence-corrected chi connectivity index (χ1v) is 14.0. The van der Waals surface area contributed by atoms with E-state index in [9.17, 15) is 0 Å². The fourth-order valence-corrected chi connectivity index (χ4v) is 7.26. The third-order valence-corrected chi connectivity index (χ3v) is 9.20. The Kier molecular flexibility index (Phi) is 8.74. The quantitative estimate of drug-likeness (QED) is 0.275. The summed E-state index contributed by atoms with van der Waals surface area (Å²) < 4.78 is 0. The number of hydrogen-bond acceptors (Lipinski definition) is 0. The van der Waals surface area contributed by atoms with Crippen LogP contribution in [0.15, 0.2) is 30.4 Å². The predicted octanol–water partition coefficient (Wildman–Crippen LogP) is 9.42. The van der Waals surface area contributed by atoms with Gasteiger partial charge in [-0.05, 0) is 117 Å². The molecule has 0 heterocycles. The van der Waals surface area contributed by atoms with Gasteiger partial charge < -0.3 is 0 Å². The highest BCUT2D eigenvalue weighted by Gasteiger charge is 2.36. The Hall–Kier alpha value is -1.04. The summed E-state index contributed by atoms with van der Waals surface area (Å²) in [5, 5.41) is 0. The largest absolute Gasteiger partial charge is 0.0917 e. The number of allylic oxidation sites excluding steroid dienone is 2. The summed E-state index contributed by atoms with van der Waals surface area (Å²) >= 11 is 0. The molecule has 5 unspecified atom stereocenters. The lowest BCUT2D eigenvalue weighted by Crippen LogP contribution is -2.30. The standard InChI is InChI=1S/C31H48/c1-3-5-7-9-11-25-13-15-29-23-31(19-17-27(29)21-25)30-18-16-26-20-24(10-8-6-4-2)12-14-28(26)22-30/h4,6,17,19,23-26,28,30H,3,5,7-16,18,20-22H2,1-2H3/b6-4+. The van der Waals surface area contributed by atoms with E-state index in [2.05, 4.69) is 44.2 Å². The number of unbranched alkanes of at least 4 members (excludes halogenated alkanes) is 3. The number of rotatable bonds is 9. The van der Waals surface area contributed by atoms with Gasteiger partial charge in [-0.2, -0.15) is 0 Å². The van der Waals surface area contributed by atoms with Gasteiger partial charge in [-0.15, -0.1) is 0 Å². The number of benzene rings is 1. The zero-order valence-electron chi connectivity index (χ0n) is 20.6. The second-order valence-corrected chi connectivity index (χ2v) is 11.3. The summed E-state index contributed by atoms with van der Waals surface area (Å²) in [6.07, 6.45) is 27.5. The molecule has 0 aliphatic heterocycles. The maximum absolute atomic E-state index is 2.65. The van der Waals surface area contributed by atoms with Gasteiger partial charge in [0, 0.05) is 0 Å². The highest BCUT2D eigenvalue weighted by Crippen LogP contribution is 2.48. The first kappa shape index (κ1) is 23.1. The summed E-state index contributed by atoms with van der Waals surface area (Å²) in [5.74, 6) is 4.85. The maximum atomic E-state index is 2.65. The molecule has 5 atom stereocenters. The highest BCUT2D eigenvalue weighted by molar-refractivity contribution is 5.36. The minimum atomic E-state index is 0.845. The van der Waals surface area contributed by atoms with E-state index in [-0.39, 0.29) is 0 Å². The minimum Gasteiger partial charge on any atom is -0.0917 e. The van der Waals surface area contributed by atoms with E-state index < -0.39 is 0 Å². The maximum Gasteiger partial charge on any atom is -0.0159 e. The van der Waals surface area contributed by atoms with Gasteiger partial charge in [-0.25, -0.2) is 0 Å². The fraction of sp³-hybridized carbons (Fsp3) is 0.742. The lowest BCUT2D eigenvalue weighted by atomic mass is 9.63. The number of aryl methyl sites for hydroxylation is 1. The minimum absolute atomic E-state index is 0.845. The summed E-state index contributed by atoms with van der Waals surface area (Å²) in [6.45, 7) is 4.48. The molecule has 0 bridgehead atoms. The van der Waals surface area contributed by atoms with Gasteiger partial charge in [0.25, 0.3) is 0 Å². The molecule has 2 fully saturated rings. The first-order valence-electron chi connectivity index (χ1n) is 14.0. The Labute approximate surface area is 193 Å². The predicted molar refractivity (Wildman–Crippen MR) is 136 cm³/mol. The normalized spacial score (nSPS) is 30.8. The molecule has 1 aromatic rings. The zero-order chi connectivity index (χ0) is 21.5. The fourth-order valence-electron chi connectivity index (χ4n) is 7.26. The third kappa shape index (κ3) is 6.27. The Morgan fingerprint density at radius 1 is 0.839 bits per heavy atom. The van der Waals surface area contributed by atoms with Crippen LogP contribution in [-0.4, -0.2) is 0 Å². The van der Waals surface area contributed by atoms with Crippen LogP contribution in [-0.2, 0) is 12.8 Å². The summed E-state index contributed by atoms with van der Waals surface area (Å²) in [6, 6.07) is 7.72. The van der Waals surface area contributed by atoms with Crippen LogP contribution in [0.4, 0.5) is 0 Å². The Bertz CT molecular complexity index is 698. The van der Waals surface area contributed by atoms with Crippen molar-refractivity contribution in [1.29, 1.82) is 0 Å². The molecular weight excluding hydrogens is 372 g/mol. The summed E-state index contributed by atoms with van der Waals surface area (Å²) in [5.41, 5.74) is 5.08. The van der Waals surface area contributed by atoms with Crippen molar-refractivity contribution in [3.8, 4) is 0 Å². The molecular formula is C31H48. The lowest BCUT2D eigenvalue weighted by Gasteiger charge is -2.42. The van der Waals surface area contributed by atoms with Crippen molar-refractivity contribution in [1.82, 2.24) is 0 Å². The van der Waals surface area contributed by atoms with Crippen molar-refractivity contribution in [2.45, 2.75) is 122 Å². The van der Waals surface area contributed by atoms with Crippen LogP contribution in [0.2, 0.25) is 0 Å². The zero-order valence-corrected chi connectivity index (χ0v) is 20.6. The molecule has 172 valence electrons. The molecule has 0 aromatic heterocycles. The average Bonchev–Trinajstić information content (AvgIpc) is 2.81. The molecule has 0 radical (unpaired) electrons. The van der Waals surface area contributed by atoms with E-state index in [1.165, 1.54) is 103 Å². The molecule has 3 aliphatic carbocycles. The second kappa shape index (κ2) is 11.7. The average molecular weight is 421 g/mol. The van der Waals surface area contributed by atoms with Gasteiger partial charge in [0.05, 0.1) is 0 Å². The van der Waals surface area contributed by atoms with E-state index in [0.717, 1.165) is 29.6 Å².